The zero-order chi connectivity index (χ0) is 22.5. The second-order valence-electron chi connectivity index (χ2n) is 8.67. The van der Waals surface area contributed by atoms with Gasteiger partial charge >= 0.3 is 0 Å². The number of allylic oxidation sites excluding steroid dienone is 2. The predicted octanol–water partition coefficient (Wildman–Crippen LogP) is 6.07. The first-order valence-electron chi connectivity index (χ1n) is 10.7. The molecule has 0 radical (unpaired) electrons. The molecule has 0 saturated carbocycles. The van der Waals surface area contributed by atoms with Crippen molar-refractivity contribution in [3.63, 3.8) is 0 Å². The number of hydrogen-bond donors (Lipinski definition) is 2. The minimum atomic E-state index is -3.75. The molecule has 3 aromatic rings. The molecule has 32 heavy (non-hydrogen) atoms. The fourth-order valence-corrected chi connectivity index (χ4v) is 6.07. The molecule has 0 unspecified atom stereocenters. The summed E-state index contributed by atoms with van der Waals surface area (Å²) in [4.78, 5) is 0.224. The van der Waals surface area contributed by atoms with E-state index in [-0.39, 0.29) is 28.6 Å². The number of hydrogen-bond acceptors (Lipinski definition) is 3. The van der Waals surface area contributed by atoms with Crippen LogP contribution in [0.5, 0.6) is 0 Å². The minimum absolute atomic E-state index is 0.0344. The van der Waals surface area contributed by atoms with Crippen LogP contribution in [0, 0.1) is 25.6 Å². The highest BCUT2D eigenvalue weighted by molar-refractivity contribution is 7.92. The van der Waals surface area contributed by atoms with Gasteiger partial charge in [-0.05, 0) is 67.6 Å². The van der Waals surface area contributed by atoms with Crippen molar-refractivity contribution in [3.05, 3.63) is 101 Å². The number of rotatable bonds is 4. The van der Waals surface area contributed by atoms with E-state index in [4.69, 9.17) is 0 Å². The quantitative estimate of drug-likeness (QED) is 0.476. The number of anilines is 2. The molecule has 0 bridgehead atoms. The summed E-state index contributed by atoms with van der Waals surface area (Å²) in [6.07, 6.45) is 5.04. The Morgan fingerprint density at radius 1 is 1.00 bits per heavy atom. The number of fused-ring (bicyclic) bond motifs is 3. The second-order valence-corrected chi connectivity index (χ2v) is 10.4. The molecule has 0 saturated heterocycles. The van der Waals surface area contributed by atoms with E-state index < -0.39 is 10.0 Å². The number of halogens is 1. The molecule has 0 amide bonds. The SMILES string of the molecule is Cc1ccc(NS(=O)(=O)c2ccc3c(c2)[C@@H]2C=CC[C@@H]2[C@H](c2ccccc2F)N3)c(C)c1. The molecule has 6 heteroatoms. The third-order valence-corrected chi connectivity index (χ3v) is 7.87. The Balaban J connectivity index is 1.50. The van der Waals surface area contributed by atoms with Gasteiger partial charge in [0.05, 0.1) is 16.6 Å². The molecular weight excluding hydrogens is 423 g/mol. The summed E-state index contributed by atoms with van der Waals surface area (Å²) < 4.78 is 43.6. The third-order valence-electron chi connectivity index (χ3n) is 6.51. The molecule has 2 aliphatic rings. The van der Waals surface area contributed by atoms with Gasteiger partial charge < -0.3 is 5.32 Å². The number of aryl methyl sites for hydroxylation is 2. The van der Waals surface area contributed by atoms with Crippen molar-refractivity contribution in [2.24, 2.45) is 5.92 Å². The Morgan fingerprint density at radius 2 is 1.81 bits per heavy atom. The van der Waals surface area contributed by atoms with Crippen LogP contribution in [-0.4, -0.2) is 8.42 Å². The second kappa shape index (κ2) is 7.78. The lowest BCUT2D eigenvalue weighted by atomic mass is 9.77. The fraction of sp³-hybridized carbons (Fsp3) is 0.231. The molecule has 0 fully saturated rings. The van der Waals surface area contributed by atoms with Gasteiger partial charge in [0, 0.05) is 17.2 Å². The van der Waals surface area contributed by atoms with Gasteiger partial charge in [-0.1, -0.05) is 48.0 Å². The zero-order valence-corrected chi connectivity index (χ0v) is 18.8. The summed E-state index contributed by atoms with van der Waals surface area (Å²) in [5, 5.41) is 3.47. The molecule has 1 aliphatic heterocycles. The van der Waals surface area contributed by atoms with Crippen molar-refractivity contribution in [1.29, 1.82) is 0 Å². The molecule has 3 atom stereocenters. The van der Waals surface area contributed by atoms with Crippen molar-refractivity contribution in [1.82, 2.24) is 0 Å². The topological polar surface area (TPSA) is 58.2 Å². The fourth-order valence-electron chi connectivity index (χ4n) is 4.91. The molecule has 4 nitrogen and oxygen atoms in total. The van der Waals surface area contributed by atoms with Crippen molar-refractivity contribution in [3.8, 4) is 0 Å². The van der Waals surface area contributed by atoms with Crippen molar-refractivity contribution < 1.29 is 12.8 Å². The Morgan fingerprint density at radius 3 is 2.59 bits per heavy atom. The smallest absolute Gasteiger partial charge is 0.261 e. The van der Waals surface area contributed by atoms with Crippen molar-refractivity contribution in [2.45, 2.75) is 37.1 Å². The maximum absolute atomic E-state index is 14.5. The van der Waals surface area contributed by atoms with Gasteiger partial charge in [0.25, 0.3) is 10.0 Å². The number of benzene rings is 3. The largest absolute Gasteiger partial charge is 0.378 e. The maximum Gasteiger partial charge on any atom is 0.261 e. The van der Waals surface area contributed by atoms with Crippen LogP contribution in [0.3, 0.4) is 0 Å². The first kappa shape index (κ1) is 20.8. The van der Waals surface area contributed by atoms with E-state index >= 15 is 0 Å². The minimum Gasteiger partial charge on any atom is -0.378 e. The average Bonchev–Trinajstić information content (AvgIpc) is 3.26. The van der Waals surface area contributed by atoms with E-state index in [0.29, 0.717) is 11.3 Å². The van der Waals surface area contributed by atoms with E-state index in [1.165, 1.54) is 6.07 Å². The van der Waals surface area contributed by atoms with Crippen molar-refractivity contribution in [2.75, 3.05) is 10.0 Å². The number of sulfonamides is 1. The number of nitrogens with one attached hydrogen (secondary N) is 2. The van der Waals surface area contributed by atoms with Gasteiger partial charge in [-0.15, -0.1) is 0 Å². The lowest BCUT2D eigenvalue weighted by Gasteiger charge is -2.37. The van der Waals surface area contributed by atoms with Gasteiger partial charge in [0.15, 0.2) is 0 Å². The molecule has 3 aromatic carbocycles. The molecule has 164 valence electrons. The molecular formula is C26H25FN2O2S. The van der Waals surface area contributed by atoms with Gasteiger partial charge in [0.2, 0.25) is 0 Å². The highest BCUT2D eigenvalue weighted by atomic mass is 32.2. The van der Waals surface area contributed by atoms with Crippen LogP contribution in [0.2, 0.25) is 0 Å². The van der Waals surface area contributed by atoms with Crippen LogP contribution < -0.4 is 10.0 Å². The highest BCUT2D eigenvalue weighted by Gasteiger charge is 2.39. The molecule has 2 N–H and O–H groups in total. The third kappa shape index (κ3) is 3.58. The Labute approximate surface area is 188 Å². The van der Waals surface area contributed by atoms with E-state index in [1.54, 1.807) is 30.3 Å². The van der Waals surface area contributed by atoms with Crippen LogP contribution in [0.15, 0.2) is 77.7 Å². The molecule has 5 rings (SSSR count). The summed E-state index contributed by atoms with van der Waals surface area (Å²) in [6, 6.07) is 17.5. The molecule has 1 heterocycles. The van der Waals surface area contributed by atoms with E-state index in [0.717, 1.165) is 28.8 Å². The average molecular weight is 449 g/mol. The molecule has 0 aromatic heterocycles. The standard InChI is InChI=1S/C26H25FN2O2S/c1-16-10-12-24(17(2)14-16)29-32(30,31)18-11-13-25-22(15-18)19-7-5-8-20(19)26(28-25)21-6-3-4-9-23(21)27/h3-7,9-15,19-20,26,28-29H,8H2,1-2H3/t19-,20+,26-/m1/s1. The summed E-state index contributed by atoms with van der Waals surface area (Å²) in [6.45, 7) is 3.86. The first-order valence-corrected chi connectivity index (χ1v) is 12.2. The van der Waals surface area contributed by atoms with Crippen LogP contribution in [0.25, 0.3) is 0 Å². The van der Waals surface area contributed by atoms with E-state index in [2.05, 4.69) is 22.2 Å². The molecule has 0 spiro atoms. The monoisotopic (exact) mass is 448 g/mol. The molecule has 1 aliphatic carbocycles. The summed E-state index contributed by atoms with van der Waals surface area (Å²) in [5.74, 6) is -0.0623. The lowest BCUT2D eigenvalue weighted by Crippen LogP contribution is -2.30. The maximum atomic E-state index is 14.5. The van der Waals surface area contributed by atoms with Crippen LogP contribution in [0.4, 0.5) is 15.8 Å². The summed E-state index contributed by atoms with van der Waals surface area (Å²) >= 11 is 0. The Kier molecular flexibility index (Phi) is 5.05. The van der Waals surface area contributed by atoms with Gasteiger partial charge in [0.1, 0.15) is 5.82 Å². The summed E-state index contributed by atoms with van der Waals surface area (Å²) in [5.41, 5.74) is 4.94. The summed E-state index contributed by atoms with van der Waals surface area (Å²) in [7, 11) is -3.75. The van der Waals surface area contributed by atoms with Gasteiger partial charge in [-0.3, -0.25) is 4.72 Å². The van der Waals surface area contributed by atoms with Crippen LogP contribution in [-0.2, 0) is 10.0 Å². The Hall–Kier alpha value is -3.12. The predicted molar refractivity (Wildman–Crippen MR) is 126 cm³/mol. The van der Waals surface area contributed by atoms with Crippen molar-refractivity contribution >= 4 is 21.4 Å². The first-order chi connectivity index (χ1) is 15.3. The van der Waals surface area contributed by atoms with E-state index in [9.17, 15) is 12.8 Å². The highest BCUT2D eigenvalue weighted by Crippen LogP contribution is 2.50. The zero-order valence-electron chi connectivity index (χ0n) is 18.0. The normalized spacial score (nSPS) is 21.5. The van der Waals surface area contributed by atoms with Gasteiger partial charge in [-0.25, -0.2) is 12.8 Å². The Bertz CT molecular complexity index is 1330. The van der Waals surface area contributed by atoms with Crippen LogP contribution in [0.1, 0.15) is 40.6 Å². The van der Waals surface area contributed by atoms with E-state index in [1.807, 2.05) is 38.1 Å². The van der Waals surface area contributed by atoms with Gasteiger partial charge in [-0.2, -0.15) is 0 Å². The van der Waals surface area contributed by atoms with Crippen LogP contribution >= 0.6 is 0 Å². The lowest BCUT2D eigenvalue weighted by molar-refractivity contribution is 0.413.